The second-order valence-corrected chi connectivity index (χ2v) is 5.20. The van der Waals surface area contributed by atoms with Gasteiger partial charge in [-0.25, -0.2) is 0 Å². The van der Waals surface area contributed by atoms with Gasteiger partial charge in [0.25, 0.3) is 0 Å². The van der Waals surface area contributed by atoms with Gasteiger partial charge in [0.05, 0.1) is 11.9 Å². The number of ether oxygens (including phenoxy) is 1. The molecular formula is C6H9BO5PS+. The number of hydrogen-bond donors (Lipinski definition) is 2. The first kappa shape index (κ1) is 10.9. The fourth-order valence-corrected chi connectivity index (χ4v) is 3.96. The molecule has 2 fully saturated rings. The molecule has 0 aromatic rings. The van der Waals surface area contributed by atoms with E-state index in [-0.39, 0.29) is 11.9 Å². The first-order chi connectivity index (χ1) is 6.59. The Morgan fingerprint density at radius 2 is 2.50 bits per heavy atom. The van der Waals surface area contributed by atoms with Crippen LogP contribution in [-0.4, -0.2) is 53.2 Å². The second kappa shape index (κ2) is 3.74. The average molecular weight is 235 g/mol. The molecule has 0 saturated carbocycles. The Hall–Kier alpha value is 0.355. The Morgan fingerprint density at radius 1 is 1.79 bits per heavy atom. The van der Waals surface area contributed by atoms with E-state index in [1.807, 2.05) is 0 Å². The summed E-state index contributed by atoms with van der Waals surface area (Å²) in [5, 5.41) is 9.02. The lowest BCUT2D eigenvalue weighted by Gasteiger charge is -2.27. The van der Waals surface area contributed by atoms with Crippen molar-refractivity contribution in [2.45, 2.75) is 23.0 Å². The minimum atomic E-state index is -2.69. The van der Waals surface area contributed by atoms with Crippen molar-refractivity contribution in [1.29, 1.82) is 0 Å². The Labute approximate surface area is 87.5 Å². The maximum Gasteiger partial charge on any atom is 0.695 e. The van der Waals surface area contributed by atoms with Crippen LogP contribution in [0, 0.1) is 0 Å². The molecule has 5 unspecified atom stereocenters. The second-order valence-electron chi connectivity index (χ2n) is 3.34. The molecule has 0 aliphatic carbocycles. The van der Waals surface area contributed by atoms with Crippen molar-refractivity contribution in [3.63, 3.8) is 0 Å². The highest BCUT2D eigenvalue weighted by atomic mass is 32.2. The molecular weight excluding hydrogens is 226 g/mol. The van der Waals surface area contributed by atoms with Crippen LogP contribution in [0.5, 0.6) is 0 Å². The van der Waals surface area contributed by atoms with E-state index in [1.54, 1.807) is 0 Å². The Bertz CT molecular complexity index is 267. The molecule has 2 bridgehead atoms. The van der Waals surface area contributed by atoms with Crippen LogP contribution in [-0.2, 0) is 13.8 Å². The van der Waals surface area contributed by atoms with Crippen LogP contribution in [0.2, 0.25) is 0 Å². The van der Waals surface area contributed by atoms with Crippen molar-refractivity contribution in [3.8, 4) is 0 Å². The van der Waals surface area contributed by atoms with Crippen LogP contribution >= 0.6 is 20.0 Å². The maximum absolute atomic E-state index is 10.6. The summed E-state index contributed by atoms with van der Waals surface area (Å²) in [6.07, 6.45) is -0.596. The van der Waals surface area contributed by atoms with Gasteiger partial charge in [0.1, 0.15) is 13.4 Å². The van der Waals surface area contributed by atoms with Crippen molar-refractivity contribution in [2.24, 2.45) is 0 Å². The smallest absolute Gasteiger partial charge is 0.393 e. The van der Waals surface area contributed by atoms with Gasteiger partial charge in [-0.05, 0) is 0 Å². The zero-order valence-electron chi connectivity index (χ0n) is 7.20. The molecule has 76 valence electrons. The molecule has 2 aliphatic heterocycles. The van der Waals surface area contributed by atoms with Gasteiger partial charge in [-0.15, -0.1) is 9.42 Å². The molecule has 2 aliphatic rings. The monoisotopic (exact) mass is 235 g/mol. The average Bonchev–Trinajstić information content (AvgIpc) is 2.57. The lowest BCUT2D eigenvalue weighted by Crippen LogP contribution is -2.44. The molecule has 0 spiro atoms. The molecule has 2 N–H and O–H groups in total. The minimum absolute atomic E-state index is 0.173. The summed E-state index contributed by atoms with van der Waals surface area (Å²) in [5.41, 5.74) is -0.900. The molecule has 5 atom stereocenters. The zero-order valence-corrected chi connectivity index (χ0v) is 8.91. The SMILES string of the molecule is [B]C1OC2(CO)CSC1C2O[P+](=O)O. The summed E-state index contributed by atoms with van der Waals surface area (Å²) in [4.78, 5) is 8.67. The van der Waals surface area contributed by atoms with Gasteiger partial charge in [0, 0.05) is 16.3 Å². The summed E-state index contributed by atoms with van der Waals surface area (Å²) < 4.78 is 20.8. The van der Waals surface area contributed by atoms with Crippen LogP contribution in [0.25, 0.3) is 0 Å². The minimum Gasteiger partial charge on any atom is -0.393 e. The van der Waals surface area contributed by atoms with Crippen molar-refractivity contribution < 1.29 is 23.8 Å². The molecule has 2 heterocycles. The summed E-state index contributed by atoms with van der Waals surface area (Å²) in [5.74, 6) is 0.537. The van der Waals surface area contributed by atoms with E-state index < -0.39 is 26.0 Å². The number of thioether (sulfide) groups is 1. The van der Waals surface area contributed by atoms with Crippen LogP contribution in [0.3, 0.4) is 0 Å². The largest absolute Gasteiger partial charge is 0.695 e. The van der Waals surface area contributed by atoms with Gasteiger partial charge < -0.3 is 9.84 Å². The van der Waals surface area contributed by atoms with E-state index in [2.05, 4.69) is 0 Å². The van der Waals surface area contributed by atoms with Gasteiger partial charge in [-0.3, -0.25) is 0 Å². The summed E-state index contributed by atoms with van der Waals surface area (Å²) >= 11 is 1.50. The predicted octanol–water partition coefficient (Wildman–Crippen LogP) is -0.607. The molecule has 5 nitrogen and oxygen atoms in total. The molecule has 14 heavy (non-hydrogen) atoms. The molecule has 8 heteroatoms. The molecule has 2 saturated heterocycles. The van der Waals surface area contributed by atoms with Crippen molar-refractivity contribution in [2.75, 3.05) is 12.4 Å². The first-order valence-corrected chi connectivity index (χ1v) is 6.26. The van der Waals surface area contributed by atoms with Crippen molar-refractivity contribution in [3.05, 3.63) is 0 Å². The van der Waals surface area contributed by atoms with Crippen molar-refractivity contribution in [1.82, 2.24) is 0 Å². The van der Waals surface area contributed by atoms with Crippen molar-refractivity contribution >= 4 is 27.9 Å². The summed E-state index contributed by atoms with van der Waals surface area (Å²) in [7, 11) is 2.94. The van der Waals surface area contributed by atoms with Gasteiger partial charge in [-0.1, -0.05) is 0 Å². The predicted molar refractivity (Wildman–Crippen MR) is 51.4 cm³/mol. The number of hydrogen-bond acceptors (Lipinski definition) is 5. The normalized spacial score (nSPS) is 47.0. The number of aliphatic hydroxyl groups is 1. The molecule has 0 aromatic carbocycles. The third-order valence-electron chi connectivity index (χ3n) is 2.50. The number of fused-ring (bicyclic) bond motifs is 2. The van der Waals surface area contributed by atoms with E-state index in [4.69, 9.17) is 22.0 Å². The van der Waals surface area contributed by atoms with E-state index in [9.17, 15) is 9.67 Å². The molecule has 2 rings (SSSR count). The highest BCUT2D eigenvalue weighted by Crippen LogP contribution is 2.50. The fraction of sp³-hybridized carbons (Fsp3) is 1.00. The highest BCUT2D eigenvalue weighted by molar-refractivity contribution is 8.00. The van der Waals surface area contributed by atoms with E-state index in [0.717, 1.165) is 0 Å². The lowest BCUT2D eigenvalue weighted by molar-refractivity contribution is -0.0726. The molecule has 0 amide bonds. The van der Waals surface area contributed by atoms with Gasteiger partial charge in [-0.2, -0.15) is 11.8 Å². The molecule has 0 aromatic heterocycles. The van der Waals surface area contributed by atoms with Crippen LogP contribution < -0.4 is 0 Å². The Morgan fingerprint density at radius 3 is 3.00 bits per heavy atom. The topological polar surface area (TPSA) is 76.0 Å². The third kappa shape index (κ3) is 1.52. The van der Waals surface area contributed by atoms with Gasteiger partial charge >= 0.3 is 8.25 Å². The Balaban J connectivity index is 2.18. The van der Waals surface area contributed by atoms with E-state index in [0.29, 0.717) is 5.75 Å². The van der Waals surface area contributed by atoms with Crippen LogP contribution in [0.15, 0.2) is 0 Å². The Kier molecular flexibility index (Phi) is 2.90. The van der Waals surface area contributed by atoms with Crippen LogP contribution in [0.4, 0.5) is 0 Å². The molecule has 2 radical (unpaired) electrons. The highest BCUT2D eigenvalue weighted by Gasteiger charge is 2.62. The first-order valence-electron chi connectivity index (χ1n) is 4.08. The number of aliphatic hydroxyl groups excluding tert-OH is 1. The van der Waals surface area contributed by atoms with Crippen LogP contribution in [0.1, 0.15) is 0 Å². The van der Waals surface area contributed by atoms with E-state index in [1.165, 1.54) is 11.8 Å². The van der Waals surface area contributed by atoms with E-state index >= 15 is 0 Å². The zero-order chi connectivity index (χ0) is 10.3. The third-order valence-corrected chi connectivity index (χ3v) is 4.47. The van der Waals surface area contributed by atoms with Gasteiger partial charge in [0.2, 0.25) is 0 Å². The lowest BCUT2D eigenvalue weighted by atomic mass is 9.93. The maximum atomic E-state index is 10.6. The number of rotatable bonds is 3. The standard InChI is InChI=1S/C6H8BO5PS/c7-5-3-4(12-13(9)10)6(1-8,11-5)2-14-3/h3-5,8H,1-2H2/p+1. The van der Waals surface area contributed by atoms with Gasteiger partial charge in [0.15, 0.2) is 6.10 Å². The quantitative estimate of drug-likeness (QED) is 0.502. The summed E-state index contributed by atoms with van der Waals surface area (Å²) in [6.45, 7) is -0.252. The summed E-state index contributed by atoms with van der Waals surface area (Å²) in [6, 6.07) is -0.541. The fourth-order valence-electron chi connectivity index (χ4n) is 1.84.